The van der Waals surface area contributed by atoms with Gasteiger partial charge in [-0.15, -0.1) is 0 Å². The summed E-state index contributed by atoms with van der Waals surface area (Å²) in [6.07, 6.45) is 7.54. The normalized spacial score (nSPS) is 23.4. The van der Waals surface area contributed by atoms with Crippen LogP contribution in [0.3, 0.4) is 0 Å². The van der Waals surface area contributed by atoms with E-state index in [0.717, 1.165) is 121 Å². The number of aromatic hydroxyl groups is 4. The lowest BCUT2D eigenvalue weighted by Crippen LogP contribution is -2.37. The van der Waals surface area contributed by atoms with Gasteiger partial charge in [0.25, 0.3) is 0 Å². The smallest absolute Gasteiger partial charge is 0.189 e. The van der Waals surface area contributed by atoms with Gasteiger partial charge >= 0.3 is 0 Å². The van der Waals surface area contributed by atoms with Crippen LogP contribution in [0.1, 0.15) is 221 Å². The molecule has 8 N–H and O–H groups in total. The van der Waals surface area contributed by atoms with Crippen molar-refractivity contribution >= 4 is 0 Å². The fourth-order valence-electron chi connectivity index (χ4n) is 19.6. The zero-order valence-corrected chi connectivity index (χ0v) is 58.5. The fraction of sp³-hybridized carbons (Fsp3) is 0.590. The minimum Gasteiger partial charge on any atom is -0.504 e. The van der Waals surface area contributed by atoms with Gasteiger partial charge in [-0.25, -0.2) is 0 Å². The lowest BCUT2D eigenvalue weighted by atomic mass is 9.70. The second kappa shape index (κ2) is 24.6. The van der Waals surface area contributed by atoms with Crippen molar-refractivity contribution < 1.29 is 59.8 Å². The monoisotopic (exact) mass is 1310 g/mol. The number of piperidine rings is 4. The third-order valence-corrected chi connectivity index (χ3v) is 24.0. The maximum absolute atomic E-state index is 11.4. The minimum atomic E-state index is -0.538. The molecule has 5 aliphatic heterocycles. The molecule has 9 aliphatic rings. The number of aliphatic hydroxyl groups excluding tert-OH is 4. The van der Waals surface area contributed by atoms with Gasteiger partial charge in [0.2, 0.25) is 0 Å². The highest BCUT2D eigenvalue weighted by Gasteiger charge is 2.62. The molecule has 4 fully saturated rings. The Hall–Kier alpha value is -6.84. The Bertz CT molecular complexity index is 3910. The number of hydrogen-bond acceptors (Lipinski definition) is 18. The van der Waals surface area contributed by atoms with Gasteiger partial charge in [0.15, 0.2) is 57.5 Å². The maximum Gasteiger partial charge on any atom is 0.189 e. The molecule has 5 aromatic rings. The molecule has 2 spiro atoms. The van der Waals surface area contributed by atoms with Crippen molar-refractivity contribution in [1.29, 1.82) is 10.5 Å². The summed E-state index contributed by atoms with van der Waals surface area (Å²) in [7, 11) is 3.44. The Morgan fingerprint density at radius 3 is 1.10 bits per heavy atom. The summed E-state index contributed by atoms with van der Waals surface area (Å²) >= 11 is 0. The van der Waals surface area contributed by atoms with E-state index >= 15 is 0 Å². The Morgan fingerprint density at radius 1 is 0.438 bits per heavy atom. The Labute approximate surface area is 566 Å². The third-order valence-electron chi connectivity index (χ3n) is 24.0. The second-order valence-corrected chi connectivity index (χ2v) is 32.4. The first-order valence-electron chi connectivity index (χ1n) is 35.0. The van der Waals surface area contributed by atoms with E-state index in [0.29, 0.717) is 136 Å². The van der Waals surface area contributed by atoms with Crippen molar-refractivity contribution in [2.24, 2.45) is 0 Å². The summed E-state index contributed by atoms with van der Waals surface area (Å²) in [4.78, 5) is 9.33. The minimum absolute atomic E-state index is 0.0900. The fourth-order valence-corrected chi connectivity index (χ4v) is 19.6. The third kappa shape index (κ3) is 11.1. The molecule has 96 heavy (non-hydrogen) atoms. The standard InChI is InChI=1S/C45H54N4O6.C33H46N2O6/c1-25-26(2)30(20-47)42-41(29(25)19-46)54-36-18-34-38(32(40(36)55-42)22-49-15-11-28(51)12-16-49)45(24-44(34,5)6)23-43(3,4)33-17-35(52-7)39(53-8)31(37(33)45)21-48-13-9-27(50)10-14-48;1-31(2)17-33(27-21(29(40)25(38)13-23(27)31)15-34-9-5-19(36)6-10-34)18-32(3,4)24-14-26(39)30(41)22(28(24)33)16-35-11-7-20(37)8-12-35/h17-18,27-28,50-51H,9-16,21-24H2,1-8H3;13-14,19-20,36-41H,5-12,15-18H2,1-4H3. The van der Waals surface area contributed by atoms with Gasteiger partial charge in [-0.1, -0.05) is 55.4 Å². The molecule has 18 heteroatoms. The topological polar surface area (TPSA) is 259 Å². The van der Waals surface area contributed by atoms with Crippen LogP contribution in [0, 0.1) is 36.5 Å². The zero-order chi connectivity index (χ0) is 68.7. The van der Waals surface area contributed by atoms with Crippen LogP contribution in [0.5, 0.6) is 57.5 Å². The van der Waals surface area contributed by atoms with Gasteiger partial charge in [0.05, 0.1) is 38.6 Å². The number of nitrogens with zero attached hydrogens (tertiary/aromatic N) is 6. The van der Waals surface area contributed by atoms with Gasteiger partial charge in [-0.3, -0.25) is 19.6 Å². The number of phenols is 4. The van der Waals surface area contributed by atoms with Crippen molar-refractivity contribution in [3.05, 3.63) is 113 Å². The first-order chi connectivity index (χ1) is 45.4. The van der Waals surface area contributed by atoms with Crippen molar-refractivity contribution in [2.75, 3.05) is 66.6 Å². The van der Waals surface area contributed by atoms with E-state index in [4.69, 9.17) is 18.9 Å². The average molecular weight is 1310 g/mol. The molecule has 514 valence electrons. The van der Waals surface area contributed by atoms with Crippen molar-refractivity contribution in [2.45, 2.75) is 229 Å². The molecule has 0 bridgehead atoms. The summed E-state index contributed by atoms with van der Waals surface area (Å²) in [6, 6.07) is 12.5. The summed E-state index contributed by atoms with van der Waals surface area (Å²) < 4.78 is 26.1. The van der Waals surface area contributed by atoms with Gasteiger partial charge in [0.1, 0.15) is 23.3 Å². The summed E-state index contributed by atoms with van der Waals surface area (Å²) in [5.74, 6) is 2.82. The van der Waals surface area contributed by atoms with Gasteiger partial charge in [-0.05, 0) is 192 Å². The molecule has 14 rings (SSSR count). The molecule has 0 aromatic heterocycles. The first-order valence-corrected chi connectivity index (χ1v) is 35.0. The lowest BCUT2D eigenvalue weighted by Gasteiger charge is -2.37. The van der Waals surface area contributed by atoms with Crippen LogP contribution in [0.2, 0.25) is 0 Å². The Balaban J connectivity index is 0.000000181. The maximum atomic E-state index is 11.4. The van der Waals surface area contributed by atoms with E-state index in [1.54, 1.807) is 26.4 Å². The van der Waals surface area contributed by atoms with Crippen molar-refractivity contribution in [3.63, 3.8) is 0 Å². The zero-order valence-electron chi connectivity index (χ0n) is 58.5. The number of benzene rings is 5. The van der Waals surface area contributed by atoms with Crippen LogP contribution in [0.4, 0.5) is 0 Å². The second-order valence-electron chi connectivity index (χ2n) is 32.4. The Morgan fingerprint density at radius 2 is 0.750 bits per heavy atom. The Kier molecular flexibility index (Phi) is 17.3. The molecule has 18 nitrogen and oxygen atoms in total. The SMILES string of the molecule is CC1(C)CC2(CC(C)(C)c3cc(O)c(O)c(CN4CCC(O)CC4)c32)c2c1cc(O)c(O)c2CN1CCC(O)CC1.COc1cc2c(c(CN3CCC(O)CC3)c1OC)C1(CC2(C)C)CC(C)(C)c2cc3c(c(CN4CCC(O)CC4)c21)Oc1c(C#N)c(C)c(C)c(C#N)c1O3. The number of ether oxygens (including phenoxy) is 4. The molecule has 0 amide bonds. The number of rotatable bonds is 10. The van der Waals surface area contributed by atoms with E-state index in [1.807, 2.05) is 13.8 Å². The highest BCUT2D eigenvalue weighted by Crippen LogP contribution is 2.70. The van der Waals surface area contributed by atoms with Crippen molar-refractivity contribution in [3.8, 4) is 69.6 Å². The molecule has 5 aromatic carbocycles. The first kappa shape index (κ1) is 67.7. The van der Waals surface area contributed by atoms with Gasteiger partial charge in [-0.2, -0.15) is 10.5 Å². The highest BCUT2D eigenvalue weighted by atomic mass is 16.6. The number of phenolic OH excluding ortho intramolecular Hbond substituents is 4. The number of fused-ring (bicyclic) bond motifs is 10. The van der Waals surface area contributed by atoms with Crippen LogP contribution in [-0.4, -0.2) is 151 Å². The van der Waals surface area contributed by atoms with Crippen LogP contribution in [0.25, 0.3) is 0 Å². The number of hydrogen-bond donors (Lipinski definition) is 8. The predicted molar refractivity (Wildman–Crippen MR) is 365 cm³/mol. The van der Waals surface area contributed by atoms with E-state index in [9.17, 15) is 51.4 Å². The summed E-state index contributed by atoms with van der Waals surface area (Å²) in [5.41, 5.74) is 12.8. The number of nitriles is 2. The van der Waals surface area contributed by atoms with E-state index in [-0.39, 0.29) is 69.1 Å². The molecular formula is C78H100N6O12. The molecular weight excluding hydrogens is 1210 g/mol. The van der Waals surface area contributed by atoms with Crippen LogP contribution in [-0.2, 0) is 58.7 Å². The molecule has 4 aliphatic carbocycles. The number of methoxy groups -OCH3 is 2. The number of aliphatic hydroxyl groups is 4. The molecule has 0 radical (unpaired) electrons. The van der Waals surface area contributed by atoms with Crippen molar-refractivity contribution in [1.82, 2.24) is 19.6 Å². The van der Waals surface area contributed by atoms with Crippen LogP contribution >= 0.6 is 0 Å². The number of likely N-dealkylation sites (tertiary alicyclic amines) is 4. The largest absolute Gasteiger partial charge is 0.504 e. The van der Waals surface area contributed by atoms with E-state index in [2.05, 4.69) is 99.3 Å². The quantitative estimate of drug-likeness (QED) is 0.0593. The average Bonchev–Trinajstić information content (AvgIpc) is 1.52. The highest BCUT2D eigenvalue weighted by molar-refractivity contribution is 5.77. The molecule has 0 saturated carbocycles. The van der Waals surface area contributed by atoms with E-state index in [1.165, 1.54) is 22.3 Å². The molecule has 5 heterocycles. The summed E-state index contributed by atoms with van der Waals surface area (Å²) in [6.45, 7) is 29.9. The van der Waals surface area contributed by atoms with Crippen LogP contribution in [0.15, 0.2) is 24.3 Å². The predicted octanol–water partition coefficient (Wildman–Crippen LogP) is 11.6. The molecule has 1 unspecified atom stereocenters. The van der Waals surface area contributed by atoms with E-state index < -0.39 is 10.8 Å². The van der Waals surface area contributed by atoms with Crippen LogP contribution < -0.4 is 18.9 Å². The summed E-state index contributed by atoms with van der Waals surface area (Å²) in [5, 5.41) is 107. The van der Waals surface area contributed by atoms with Gasteiger partial charge < -0.3 is 59.8 Å². The lowest BCUT2D eigenvalue weighted by molar-refractivity contribution is 0.0781. The van der Waals surface area contributed by atoms with Gasteiger partial charge in [0, 0.05) is 112 Å². The molecule has 1 atom stereocenters. The molecule has 4 saturated heterocycles.